The SMILES string of the molecule is CCC(=O)OC.O=[N+]([O-])c1ccccc1. The monoisotopic (exact) mass is 211 g/mol. The summed E-state index contributed by atoms with van der Waals surface area (Å²) in [5.41, 5.74) is 0.137. The van der Waals surface area contributed by atoms with Crippen LogP contribution in [0.3, 0.4) is 0 Å². The van der Waals surface area contributed by atoms with Crippen LogP contribution in [-0.4, -0.2) is 18.0 Å². The lowest BCUT2D eigenvalue weighted by molar-refractivity contribution is -0.384. The fourth-order valence-corrected chi connectivity index (χ4v) is 0.694. The number of rotatable bonds is 2. The first-order valence-electron chi connectivity index (χ1n) is 4.38. The van der Waals surface area contributed by atoms with E-state index in [1.54, 1.807) is 25.1 Å². The van der Waals surface area contributed by atoms with Crippen molar-refractivity contribution in [2.75, 3.05) is 7.11 Å². The first-order chi connectivity index (χ1) is 7.11. The van der Waals surface area contributed by atoms with Crippen LogP contribution in [0.25, 0.3) is 0 Å². The number of ether oxygens (including phenoxy) is 1. The highest BCUT2D eigenvalue weighted by Gasteiger charge is 1.98. The number of methoxy groups -OCH3 is 1. The average Bonchev–Trinajstić information content (AvgIpc) is 2.30. The lowest BCUT2D eigenvalue weighted by atomic mass is 10.3. The summed E-state index contributed by atoms with van der Waals surface area (Å²) in [6.45, 7) is 1.76. The number of nitrogens with zero attached hydrogens (tertiary/aromatic N) is 1. The van der Waals surface area contributed by atoms with Gasteiger partial charge in [-0.15, -0.1) is 0 Å². The lowest BCUT2D eigenvalue weighted by Crippen LogP contribution is -1.94. The van der Waals surface area contributed by atoms with Crippen molar-refractivity contribution >= 4 is 11.7 Å². The number of non-ortho nitro benzene ring substituents is 1. The highest BCUT2D eigenvalue weighted by Crippen LogP contribution is 2.06. The number of nitro groups is 1. The second-order valence-corrected chi connectivity index (χ2v) is 2.52. The van der Waals surface area contributed by atoms with Gasteiger partial charge in [-0.05, 0) is 0 Å². The largest absolute Gasteiger partial charge is 0.469 e. The zero-order chi connectivity index (χ0) is 11.7. The summed E-state index contributed by atoms with van der Waals surface area (Å²) in [7, 11) is 1.38. The van der Waals surface area contributed by atoms with E-state index in [2.05, 4.69) is 4.74 Å². The van der Waals surface area contributed by atoms with Gasteiger partial charge in [0.1, 0.15) is 0 Å². The molecule has 82 valence electrons. The maximum Gasteiger partial charge on any atom is 0.305 e. The van der Waals surface area contributed by atoms with Crippen molar-refractivity contribution in [3.8, 4) is 0 Å². The number of nitro benzene ring substituents is 1. The minimum Gasteiger partial charge on any atom is -0.469 e. The van der Waals surface area contributed by atoms with E-state index in [1.165, 1.54) is 19.2 Å². The van der Waals surface area contributed by atoms with Gasteiger partial charge in [-0.25, -0.2) is 0 Å². The van der Waals surface area contributed by atoms with Gasteiger partial charge in [0.25, 0.3) is 5.69 Å². The lowest BCUT2D eigenvalue weighted by Gasteiger charge is -1.87. The molecule has 5 nitrogen and oxygen atoms in total. The Bertz CT molecular complexity index is 304. The van der Waals surface area contributed by atoms with Gasteiger partial charge in [-0.1, -0.05) is 25.1 Å². The molecule has 0 radical (unpaired) electrons. The molecule has 0 N–H and O–H groups in total. The Balaban J connectivity index is 0.000000288. The van der Waals surface area contributed by atoms with E-state index in [9.17, 15) is 14.9 Å². The first kappa shape index (κ1) is 13.1. The number of benzene rings is 1. The summed E-state index contributed by atoms with van der Waals surface area (Å²) in [5, 5.41) is 10.0. The molecule has 0 aromatic heterocycles. The molecule has 1 aromatic carbocycles. The Morgan fingerprint density at radius 1 is 1.40 bits per heavy atom. The van der Waals surface area contributed by atoms with Crippen molar-refractivity contribution in [2.45, 2.75) is 13.3 Å². The number of carbonyl (C=O) groups excluding carboxylic acids is 1. The predicted octanol–water partition coefficient (Wildman–Crippen LogP) is 2.16. The molecule has 0 spiro atoms. The van der Waals surface area contributed by atoms with Gasteiger partial charge in [0.15, 0.2) is 0 Å². The molecule has 0 aliphatic carbocycles. The molecule has 0 unspecified atom stereocenters. The topological polar surface area (TPSA) is 69.4 Å². The molecule has 0 saturated carbocycles. The third-order valence-corrected chi connectivity index (χ3v) is 1.48. The molecule has 0 fully saturated rings. The van der Waals surface area contributed by atoms with Crippen LogP contribution in [0.2, 0.25) is 0 Å². The van der Waals surface area contributed by atoms with Crippen LogP contribution in [0.4, 0.5) is 5.69 Å². The van der Waals surface area contributed by atoms with Gasteiger partial charge in [-0.3, -0.25) is 14.9 Å². The average molecular weight is 211 g/mol. The number of esters is 1. The van der Waals surface area contributed by atoms with Gasteiger partial charge < -0.3 is 4.74 Å². The predicted molar refractivity (Wildman–Crippen MR) is 55.4 cm³/mol. The summed E-state index contributed by atoms with van der Waals surface area (Å²) in [6.07, 6.45) is 0.469. The molecule has 1 aromatic rings. The van der Waals surface area contributed by atoms with Gasteiger partial charge >= 0.3 is 5.97 Å². The molecule has 0 aliphatic heterocycles. The van der Waals surface area contributed by atoms with Crippen molar-refractivity contribution in [3.63, 3.8) is 0 Å². The van der Waals surface area contributed by atoms with E-state index in [1.807, 2.05) is 0 Å². The molecule has 0 saturated heterocycles. The van der Waals surface area contributed by atoms with E-state index >= 15 is 0 Å². The Morgan fingerprint density at radius 3 is 2.13 bits per heavy atom. The molecule has 5 heteroatoms. The zero-order valence-electron chi connectivity index (χ0n) is 8.67. The number of para-hydroxylation sites is 1. The van der Waals surface area contributed by atoms with Gasteiger partial charge in [-0.2, -0.15) is 0 Å². The summed E-state index contributed by atoms with van der Waals surface area (Å²) in [5.74, 6) is -0.157. The van der Waals surface area contributed by atoms with Crippen molar-refractivity contribution in [1.29, 1.82) is 0 Å². The van der Waals surface area contributed by atoms with Crippen molar-refractivity contribution in [1.82, 2.24) is 0 Å². The Hall–Kier alpha value is -1.91. The van der Waals surface area contributed by atoms with E-state index in [-0.39, 0.29) is 11.7 Å². The fourth-order valence-electron chi connectivity index (χ4n) is 0.694. The Morgan fingerprint density at radius 2 is 1.93 bits per heavy atom. The summed E-state index contributed by atoms with van der Waals surface area (Å²) >= 11 is 0. The second kappa shape index (κ2) is 7.49. The van der Waals surface area contributed by atoms with Crippen molar-refractivity contribution in [2.24, 2.45) is 0 Å². The zero-order valence-corrected chi connectivity index (χ0v) is 8.67. The van der Waals surface area contributed by atoms with Crippen LogP contribution in [0, 0.1) is 10.1 Å². The van der Waals surface area contributed by atoms with E-state index in [0.717, 1.165) is 0 Å². The Kier molecular flexibility index (Phi) is 6.54. The smallest absolute Gasteiger partial charge is 0.305 e. The van der Waals surface area contributed by atoms with Gasteiger partial charge in [0, 0.05) is 18.6 Å². The third kappa shape index (κ3) is 6.20. The molecule has 0 amide bonds. The van der Waals surface area contributed by atoms with Crippen LogP contribution < -0.4 is 0 Å². The normalized spacial score (nSPS) is 8.40. The van der Waals surface area contributed by atoms with Crippen LogP contribution >= 0.6 is 0 Å². The highest BCUT2D eigenvalue weighted by molar-refractivity contribution is 5.68. The van der Waals surface area contributed by atoms with Crippen LogP contribution in [0.15, 0.2) is 30.3 Å². The van der Waals surface area contributed by atoms with E-state index in [0.29, 0.717) is 6.42 Å². The van der Waals surface area contributed by atoms with Crippen LogP contribution in [0.1, 0.15) is 13.3 Å². The summed E-state index contributed by atoms with van der Waals surface area (Å²) < 4.78 is 4.26. The number of carbonyl (C=O) groups is 1. The number of hydrogen-bond acceptors (Lipinski definition) is 4. The molecule has 0 bridgehead atoms. The second-order valence-electron chi connectivity index (χ2n) is 2.52. The van der Waals surface area contributed by atoms with Gasteiger partial charge in [0.2, 0.25) is 0 Å². The molecule has 15 heavy (non-hydrogen) atoms. The molecule has 0 heterocycles. The molecule has 1 rings (SSSR count). The minimum atomic E-state index is -0.417. The van der Waals surface area contributed by atoms with Crippen molar-refractivity contribution < 1.29 is 14.5 Å². The van der Waals surface area contributed by atoms with Crippen LogP contribution in [-0.2, 0) is 9.53 Å². The standard InChI is InChI=1S/C6H5NO2.C4H8O2/c8-7(9)6-4-2-1-3-5-6;1-3-4(5)6-2/h1-5H;3H2,1-2H3. The molecular formula is C10H13NO4. The number of hydrogen-bond donors (Lipinski definition) is 0. The third-order valence-electron chi connectivity index (χ3n) is 1.48. The minimum absolute atomic E-state index is 0.137. The molecular weight excluding hydrogens is 198 g/mol. The summed E-state index contributed by atoms with van der Waals surface area (Å²) in [4.78, 5) is 19.5. The maximum absolute atomic E-state index is 10.0. The highest BCUT2D eigenvalue weighted by atomic mass is 16.6. The fraction of sp³-hybridized carbons (Fsp3) is 0.300. The first-order valence-corrected chi connectivity index (χ1v) is 4.38. The van der Waals surface area contributed by atoms with Crippen molar-refractivity contribution in [3.05, 3.63) is 40.4 Å². The molecule has 0 aliphatic rings. The Labute approximate surface area is 87.8 Å². The van der Waals surface area contributed by atoms with Crippen LogP contribution in [0.5, 0.6) is 0 Å². The summed E-state index contributed by atoms with van der Waals surface area (Å²) in [6, 6.07) is 7.93. The van der Waals surface area contributed by atoms with Gasteiger partial charge in [0.05, 0.1) is 12.0 Å². The maximum atomic E-state index is 10.0. The van der Waals surface area contributed by atoms with E-state index < -0.39 is 4.92 Å². The van der Waals surface area contributed by atoms with E-state index in [4.69, 9.17) is 0 Å². The quantitative estimate of drug-likeness (QED) is 0.427. The molecule has 0 atom stereocenters.